The first-order valence-corrected chi connectivity index (χ1v) is 6.01. The predicted molar refractivity (Wildman–Crippen MR) is 75.9 cm³/mol. The number of anilines is 1. The molecule has 0 amide bonds. The molecule has 3 N–H and O–H groups in total. The van der Waals surface area contributed by atoms with E-state index < -0.39 is 4.92 Å². The minimum absolute atomic E-state index is 0.0757. The Morgan fingerprint density at radius 2 is 2.19 bits per heavy atom. The lowest BCUT2D eigenvalue weighted by Crippen LogP contribution is -2.09. The molecule has 0 saturated heterocycles. The topological polar surface area (TPSA) is 113 Å². The summed E-state index contributed by atoms with van der Waals surface area (Å²) in [5.41, 5.74) is 3.01. The Hall–Kier alpha value is -2.71. The van der Waals surface area contributed by atoms with Crippen LogP contribution in [-0.4, -0.2) is 17.0 Å². The summed E-state index contributed by atoms with van der Waals surface area (Å²) in [6.45, 7) is 0.440. The molecule has 0 fully saturated rings. The van der Waals surface area contributed by atoms with Gasteiger partial charge in [0.25, 0.3) is 5.69 Å². The average Bonchev–Trinajstić information content (AvgIpc) is 2.47. The van der Waals surface area contributed by atoms with E-state index in [1.54, 1.807) is 25.3 Å². The number of ether oxygens (including phenoxy) is 2. The van der Waals surface area contributed by atoms with E-state index >= 15 is 0 Å². The molecule has 0 aliphatic rings. The lowest BCUT2D eigenvalue weighted by molar-refractivity contribution is -0.384. The third kappa shape index (κ3) is 3.88. The van der Waals surface area contributed by atoms with Gasteiger partial charge in [-0.15, -0.1) is 0 Å². The number of benzene rings is 1. The van der Waals surface area contributed by atoms with Crippen LogP contribution in [-0.2, 0) is 11.3 Å². The molecule has 110 valence electrons. The van der Waals surface area contributed by atoms with Crippen molar-refractivity contribution >= 4 is 11.5 Å². The molecule has 1 heterocycles. The van der Waals surface area contributed by atoms with Crippen LogP contribution in [0.3, 0.4) is 0 Å². The summed E-state index contributed by atoms with van der Waals surface area (Å²) in [6, 6.07) is 9.60. The van der Waals surface area contributed by atoms with Gasteiger partial charge in [-0.3, -0.25) is 10.1 Å². The summed E-state index contributed by atoms with van der Waals surface area (Å²) in [6.07, 6.45) is 0. The van der Waals surface area contributed by atoms with Gasteiger partial charge in [-0.2, -0.15) is 4.98 Å². The molecule has 21 heavy (non-hydrogen) atoms. The van der Waals surface area contributed by atoms with Gasteiger partial charge in [0, 0.05) is 7.11 Å². The molecule has 2 rings (SSSR count). The van der Waals surface area contributed by atoms with Crippen molar-refractivity contribution in [2.24, 2.45) is 5.84 Å². The lowest BCUT2D eigenvalue weighted by Gasteiger charge is -2.08. The predicted octanol–water partition coefficient (Wildman–Crippen LogP) is 2.21. The molecular formula is C13H14N4O4. The molecule has 0 spiro atoms. The van der Waals surface area contributed by atoms with Crippen molar-refractivity contribution in [2.75, 3.05) is 12.5 Å². The van der Waals surface area contributed by atoms with E-state index in [1.807, 2.05) is 6.07 Å². The van der Waals surface area contributed by atoms with Gasteiger partial charge in [0.2, 0.25) is 5.88 Å². The van der Waals surface area contributed by atoms with Crippen LogP contribution in [0.15, 0.2) is 36.4 Å². The van der Waals surface area contributed by atoms with Crippen LogP contribution in [0, 0.1) is 10.1 Å². The van der Waals surface area contributed by atoms with E-state index in [2.05, 4.69) is 10.4 Å². The maximum absolute atomic E-state index is 10.9. The van der Waals surface area contributed by atoms with E-state index in [0.29, 0.717) is 12.4 Å². The van der Waals surface area contributed by atoms with Crippen molar-refractivity contribution in [1.29, 1.82) is 0 Å². The number of rotatable bonds is 6. The minimum atomic E-state index is -0.545. The number of hydrogen-bond acceptors (Lipinski definition) is 7. The van der Waals surface area contributed by atoms with Crippen LogP contribution < -0.4 is 16.0 Å². The highest BCUT2D eigenvalue weighted by Gasteiger charge is 2.12. The van der Waals surface area contributed by atoms with Crippen molar-refractivity contribution in [3.63, 3.8) is 0 Å². The number of pyridine rings is 1. The van der Waals surface area contributed by atoms with Crippen LogP contribution in [0.25, 0.3) is 0 Å². The first-order chi connectivity index (χ1) is 10.1. The quantitative estimate of drug-likeness (QED) is 0.476. The zero-order chi connectivity index (χ0) is 15.2. The summed E-state index contributed by atoms with van der Waals surface area (Å²) < 4.78 is 10.6. The Labute approximate surface area is 120 Å². The van der Waals surface area contributed by atoms with Gasteiger partial charge in [0.15, 0.2) is 5.82 Å². The Kier molecular flexibility index (Phi) is 4.64. The molecule has 1 aromatic heterocycles. The maximum Gasteiger partial charge on any atom is 0.278 e. The molecule has 0 radical (unpaired) electrons. The number of nitrogens with one attached hydrogen (secondary N) is 1. The van der Waals surface area contributed by atoms with E-state index in [0.717, 1.165) is 5.56 Å². The number of methoxy groups -OCH3 is 1. The van der Waals surface area contributed by atoms with Crippen LogP contribution in [0.5, 0.6) is 11.6 Å². The van der Waals surface area contributed by atoms with Gasteiger partial charge < -0.3 is 14.9 Å². The van der Waals surface area contributed by atoms with Crippen LogP contribution >= 0.6 is 0 Å². The SMILES string of the molecule is COCc1cccc(Oc2cc([N+](=O)[O-])cc(NN)n2)c1. The molecule has 8 nitrogen and oxygen atoms in total. The van der Waals surface area contributed by atoms with Gasteiger partial charge >= 0.3 is 0 Å². The molecule has 0 aliphatic heterocycles. The fourth-order valence-electron chi connectivity index (χ4n) is 1.71. The molecule has 0 unspecified atom stereocenters. The Bertz CT molecular complexity index is 648. The van der Waals surface area contributed by atoms with Crippen molar-refractivity contribution < 1.29 is 14.4 Å². The normalized spacial score (nSPS) is 10.2. The number of hydrogen-bond donors (Lipinski definition) is 2. The smallest absolute Gasteiger partial charge is 0.278 e. The third-order valence-electron chi connectivity index (χ3n) is 2.58. The first-order valence-electron chi connectivity index (χ1n) is 6.01. The van der Waals surface area contributed by atoms with Crippen molar-refractivity contribution in [2.45, 2.75) is 6.61 Å². The second-order valence-corrected chi connectivity index (χ2v) is 4.13. The minimum Gasteiger partial charge on any atom is -0.439 e. The summed E-state index contributed by atoms with van der Waals surface area (Å²) >= 11 is 0. The molecule has 0 atom stereocenters. The Morgan fingerprint density at radius 3 is 2.86 bits per heavy atom. The van der Waals surface area contributed by atoms with E-state index in [9.17, 15) is 10.1 Å². The Morgan fingerprint density at radius 1 is 1.38 bits per heavy atom. The van der Waals surface area contributed by atoms with E-state index in [4.69, 9.17) is 15.3 Å². The molecule has 0 aliphatic carbocycles. The number of nitro groups is 1. The number of nitrogens with two attached hydrogens (primary N) is 1. The van der Waals surface area contributed by atoms with Crippen LogP contribution in [0.2, 0.25) is 0 Å². The van der Waals surface area contributed by atoms with Gasteiger partial charge in [-0.25, -0.2) is 5.84 Å². The Balaban J connectivity index is 2.28. The summed E-state index contributed by atoms with van der Waals surface area (Å²) in [4.78, 5) is 14.3. The third-order valence-corrected chi connectivity index (χ3v) is 2.58. The molecule has 8 heteroatoms. The van der Waals surface area contributed by atoms with Gasteiger partial charge in [0.05, 0.1) is 23.7 Å². The molecule has 1 aromatic carbocycles. The van der Waals surface area contributed by atoms with Crippen LogP contribution in [0.4, 0.5) is 11.5 Å². The standard InChI is InChI=1S/C13H14N4O4/c1-20-8-9-3-2-4-11(5-9)21-13-7-10(17(18)19)6-12(15-13)16-14/h2-7H,8,14H2,1H3,(H,15,16). The highest BCUT2D eigenvalue weighted by atomic mass is 16.6. The summed E-state index contributed by atoms with van der Waals surface area (Å²) in [5.74, 6) is 5.96. The van der Waals surface area contributed by atoms with Crippen LogP contribution in [0.1, 0.15) is 5.56 Å². The van der Waals surface area contributed by atoms with Gasteiger partial charge in [-0.1, -0.05) is 12.1 Å². The average molecular weight is 290 g/mol. The van der Waals surface area contributed by atoms with E-state index in [1.165, 1.54) is 12.1 Å². The number of nitrogen functional groups attached to an aromatic ring is 1. The number of hydrazine groups is 1. The summed E-state index contributed by atoms with van der Waals surface area (Å²) in [5, 5.41) is 10.9. The maximum atomic E-state index is 10.9. The zero-order valence-electron chi connectivity index (χ0n) is 11.3. The molecule has 0 bridgehead atoms. The fraction of sp³-hybridized carbons (Fsp3) is 0.154. The largest absolute Gasteiger partial charge is 0.439 e. The molecule has 2 aromatic rings. The van der Waals surface area contributed by atoms with Crippen molar-refractivity contribution in [3.05, 3.63) is 52.1 Å². The molecule has 0 saturated carbocycles. The van der Waals surface area contributed by atoms with Gasteiger partial charge in [-0.05, 0) is 17.7 Å². The first kappa shape index (κ1) is 14.7. The van der Waals surface area contributed by atoms with E-state index in [-0.39, 0.29) is 17.4 Å². The second-order valence-electron chi connectivity index (χ2n) is 4.13. The van der Waals surface area contributed by atoms with Crippen molar-refractivity contribution in [1.82, 2.24) is 4.98 Å². The fourth-order valence-corrected chi connectivity index (χ4v) is 1.71. The monoisotopic (exact) mass is 290 g/mol. The number of nitrogens with zero attached hydrogens (tertiary/aromatic N) is 2. The second kappa shape index (κ2) is 6.64. The van der Waals surface area contributed by atoms with Gasteiger partial charge in [0.1, 0.15) is 5.75 Å². The zero-order valence-corrected chi connectivity index (χ0v) is 11.3. The number of aromatic nitrogens is 1. The van der Waals surface area contributed by atoms with Crippen molar-refractivity contribution in [3.8, 4) is 11.6 Å². The highest BCUT2D eigenvalue weighted by molar-refractivity contribution is 5.48. The highest BCUT2D eigenvalue weighted by Crippen LogP contribution is 2.26. The molecular weight excluding hydrogens is 276 g/mol. The summed E-state index contributed by atoms with van der Waals surface area (Å²) in [7, 11) is 1.59. The lowest BCUT2D eigenvalue weighted by atomic mass is 10.2.